The number of fused-ring (bicyclic) bond motifs is 1. The zero-order chi connectivity index (χ0) is 23.4. The molecule has 7 nitrogen and oxygen atoms in total. The highest BCUT2D eigenvalue weighted by molar-refractivity contribution is 5.79. The minimum atomic E-state index is -2.86. The molecule has 1 aromatic carbocycles. The molecule has 0 radical (unpaired) electrons. The number of halogens is 4. The van der Waals surface area contributed by atoms with Crippen molar-refractivity contribution in [2.75, 3.05) is 13.2 Å². The molecule has 2 aromatic rings. The Bertz CT molecular complexity index is 945. The van der Waals surface area contributed by atoms with Gasteiger partial charge in [0.2, 0.25) is 5.91 Å². The fraction of sp³-hybridized carbons (Fsp3) is 0.619. The number of rotatable bonds is 9. The maximum absolute atomic E-state index is 14.7. The number of hydrogen-bond donors (Lipinski definition) is 1. The molecule has 3 rings (SSSR count). The highest BCUT2D eigenvalue weighted by atomic mass is 19.3. The van der Waals surface area contributed by atoms with Crippen molar-refractivity contribution in [1.82, 2.24) is 14.9 Å². The number of nitrogens with zero attached hydrogens (tertiary/aromatic N) is 2. The topological polar surface area (TPSA) is 74.6 Å². The molecular formula is C21H27F4N3O4. The summed E-state index contributed by atoms with van der Waals surface area (Å²) in [6.45, 7) is 2.63. The first-order valence-corrected chi connectivity index (χ1v) is 10.5. The van der Waals surface area contributed by atoms with E-state index in [4.69, 9.17) is 9.47 Å². The third-order valence-corrected chi connectivity index (χ3v) is 5.25. The van der Waals surface area contributed by atoms with Crippen LogP contribution >= 0.6 is 0 Å². The van der Waals surface area contributed by atoms with E-state index >= 15 is 0 Å². The van der Waals surface area contributed by atoms with Crippen LogP contribution in [0.3, 0.4) is 0 Å². The highest BCUT2D eigenvalue weighted by Gasteiger charge is 2.27. The molecule has 178 valence electrons. The Morgan fingerprint density at radius 2 is 1.88 bits per heavy atom. The molecule has 11 heteroatoms. The van der Waals surface area contributed by atoms with Crippen LogP contribution in [0.1, 0.15) is 39.5 Å². The summed E-state index contributed by atoms with van der Waals surface area (Å²) >= 11 is 0. The molecule has 0 bridgehead atoms. The van der Waals surface area contributed by atoms with Crippen molar-refractivity contribution in [2.45, 2.75) is 64.2 Å². The van der Waals surface area contributed by atoms with Crippen LogP contribution in [0.15, 0.2) is 6.07 Å². The molecule has 1 aliphatic carbocycles. The van der Waals surface area contributed by atoms with Crippen LogP contribution in [0.25, 0.3) is 11.0 Å². The van der Waals surface area contributed by atoms with Crippen LogP contribution in [0.2, 0.25) is 0 Å². The SMILES string of the molecule is CC(=O)N[C@@H](C)COC1CCC(Oc2nc3cc(F)c(OCC(F)F)c(F)c3n2C)CC1. The first-order valence-electron chi connectivity index (χ1n) is 10.5. The second-order valence-electron chi connectivity index (χ2n) is 7.98. The normalized spacial score (nSPS) is 19.9. The maximum Gasteiger partial charge on any atom is 0.297 e. The lowest BCUT2D eigenvalue weighted by molar-refractivity contribution is -0.120. The number of ether oxygens (including phenoxy) is 3. The standard InChI is InChI=1S/C21H27F4N3O4/c1-11(26-12(2)29)9-30-13-4-6-14(7-5-13)32-21-27-16-8-15(22)20(31-10-17(23)24)18(25)19(16)28(21)3/h8,11,13-14,17H,4-7,9-10H2,1-3H3,(H,26,29)/t11-,13?,14?/m0/s1. The zero-order valence-corrected chi connectivity index (χ0v) is 18.2. The second-order valence-corrected chi connectivity index (χ2v) is 7.98. The van der Waals surface area contributed by atoms with Crippen molar-refractivity contribution in [2.24, 2.45) is 7.05 Å². The molecule has 1 heterocycles. The van der Waals surface area contributed by atoms with Crippen molar-refractivity contribution >= 4 is 16.9 Å². The molecule has 1 aliphatic rings. The van der Waals surface area contributed by atoms with E-state index in [-0.39, 0.29) is 41.2 Å². The number of carbonyl (C=O) groups excluding carboxylic acids is 1. The van der Waals surface area contributed by atoms with E-state index in [9.17, 15) is 22.4 Å². The lowest BCUT2D eigenvalue weighted by Crippen LogP contribution is -2.37. The van der Waals surface area contributed by atoms with E-state index in [2.05, 4.69) is 15.0 Å². The number of benzene rings is 1. The van der Waals surface area contributed by atoms with Gasteiger partial charge < -0.3 is 19.5 Å². The first kappa shape index (κ1) is 24.1. The van der Waals surface area contributed by atoms with E-state index in [0.717, 1.165) is 18.9 Å². The van der Waals surface area contributed by atoms with Gasteiger partial charge in [0.15, 0.2) is 17.4 Å². The number of imidazole rings is 1. The van der Waals surface area contributed by atoms with E-state index in [1.165, 1.54) is 18.5 Å². The number of aryl methyl sites for hydroxylation is 1. The van der Waals surface area contributed by atoms with Gasteiger partial charge in [0.05, 0.1) is 18.2 Å². The minimum Gasteiger partial charge on any atom is -0.481 e. The van der Waals surface area contributed by atoms with Crippen molar-refractivity contribution in [3.05, 3.63) is 17.7 Å². The summed E-state index contributed by atoms with van der Waals surface area (Å²) in [6.07, 6.45) is -0.133. The van der Waals surface area contributed by atoms with Crippen LogP contribution in [0.5, 0.6) is 11.8 Å². The van der Waals surface area contributed by atoms with E-state index < -0.39 is 30.4 Å². The molecule has 1 N–H and O–H groups in total. The Labute approximate surface area is 183 Å². The van der Waals surface area contributed by atoms with Crippen LogP contribution in [0, 0.1) is 11.6 Å². The average molecular weight is 461 g/mol. The molecule has 0 aliphatic heterocycles. The van der Waals surface area contributed by atoms with Crippen LogP contribution < -0.4 is 14.8 Å². The van der Waals surface area contributed by atoms with Crippen molar-refractivity contribution < 1.29 is 36.6 Å². The van der Waals surface area contributed by atoms with Gasteiger partial charge in [0.1, 0.15) is 18.2 Å². The summed E-state index contributed by atoms with van der Waals surface area (Å²) < 4.78 is 71.3. The Morgan fingerprint density at radius 1 is 1.22 bits per heavy atom. The predicted molar refractivity (Wildman–Crippen MR) is 108 cm³/mol. The van der Waals surface area contributed by atoms with Gasteiger partial charge in [-0.15, -0.1) is 0 Å². The first-order chi connectivity index (χ1) is 15.2. The second kappa shape index (κ2) is 10.4. The van der Waals surface area contributed by atoms with Gasteiger partial charge in [0, 0.05) is 26.1 Å². The number of amides is 1. The van der Waals surface area contributed by atoms with Crippen LogP contribution in [-0.4, -0.2) is 53.3 Å². The van der Waals surface area contributed by atoms with E-state index in [1.54, 1.807) is 0 Å². The van der Waals surface area contributed by atoms with Gasteiger partial charge in [-0.25, -0.2) is 17.6 Å². The number of carbonyl (C=O) groups is 1. The fourth-order valence-corrected chi connectivity index (χ4v) is 3.78. The van der Waals surface area contributed by atoms with Gasteiger partial charge in [-0.2, -0.15) is 4.98 Å². The molecule has 0 saturated heterocycles. The molecular weight excluding hydrogens is 434 g/mol. The Hall–Kier alpha value is -2.56. The Kier molecular flexibility index (Phi) is 7.81. The zero-order valence-electron chi connectivity index (χ0n) is 18.2. The molecule has 0 spiro atoms. The fourth-order valence-electron chi connectivity index (χ4n) is 3.78. The summed E-state index contributed by atoms with van der Waals surface area (Å²) in [5.74, 6) is -3.18. The van der Waals surface area contributed by atoms with E-state index in [0.29, 0.717) is 19.4 Å². The van der Waals surface area contributed by atoms with Gasteiger partial charge >= 0.3 is 0 Å². The smallest absolute Gasteiger partial charge is 0.297 e. The quantitative estimate of drug-likeness (QED) is 0.576. The molecule has 1 aromatic heterocycles. The van der Waals surface area contributed by atoms with Gasteiger partial charge in [0.25, 0.3) is 12.4 Å². The third-order valence-electron chi connectivity index (χ3n) is 5.25. The average Bonchev–Trinajstić information content (AvgIpc) is 3.01. The monoisotopic (exact) mass is 461 g/mol. The number of nitrogens with one attached hydrogen (secondary N) is 1. The highest BCUT2D eigenvalue weighted by Crippen LogP contribution is 2.33. The molecule has 1 amide bonds. The molecule has 0 unspecified atom stereocenters. The lowest BCUT2D eigenvalue weighted by atomic mass is 9.95. The lowest BCUT2D eigenvalue weighted by Gasteiger charge is -2.29. The maximum atomic E-state index is 14.7. The van der Waals surface area contributed by atoms with E-state index in [1.807, 2.05) is 6.92 Å². The van der Waals surface area contributed by atoms with Gasteiger partial charge in [-0.3, -0.25) is 9.36 Å². The van der Waals surface area contributed by atoms with Crippen LogP contribution in [0.4, 0.5) is 17.6 Å². The molecule has 1 fully saturated rings. The van der Waals surface area contributed by atoms with Gasteiger partial charge in [-0.1, -0.05) is 0 Å². The van der Waals surface area contributed by atoms with Crippen molar-refractivity contribution in [1.29, 1.82) is 0 Å². The largest absolute Gasteiger partial charge is 0.481 e. The molecule has 1 saturated carbocycles. The summed E-state index contributed by atoms with van der Waals surface area (Å²) in [5, 5.41) is 2.77. The molecule has 1 atom stereocenters. The Morgan fingerprint density at radius 3 is 2.50 bits per heavy atom. The number of hydrogen-bond acceptors (Lipinski definition) is 5. The van der Waals surface area contributed by atoms with Gasteiger partial charge in [-0.05, 0) is 32.6 Å². The summed E-state index contributed by atoms with van der Waals surface area (Å²) in [4.78, 5) is 15.2. The minimum absolute atomic E-state index is 0.00544. The summed E-state index contributed by atoms with van der Waals surface area (Å²) in [7, 11) is 1.50. The molecule has 32 heavy (non-hydrogen) atoms. The predicted octanol–water partition coefficient (Wildman–Crippen LogP) is 3.73. The Balaban J connectivity index is 1.61. The number of aromatic nitrogens is 2. The van der Waals surface area contributed by atoms with Crippen LogP contribution in [-0.2, 0) is 16.6 Å². The summed E-state index contributed by atoms with van der Waals surface area (Å²) in [5.41, 5.74) is -0.0829. The number of alkyl halides is 2. The summed E-state index contributed by atoms with van der Waals surface area (Å²) in [6, 6.07) is 0.965. The van der Waals surface area contributed by atoms with Crippen molar-refractivity contribution in [3.8, 4) is 11.8 Å². The van der Waals surface area contributed by atoms with Crippen molar-refractivity contribution in [3.63, 3.8) is 0 Å². The third kappa shape index (κ3) is 5.81.